The average Bonchev–Trinajstić information content (AvgIpc) is 3.06. The van der Waals surface area contributed by atoms with Crippen molar-refractivity contribution in [3.8, 4) is 0 Å². The van der Waals surface area contributed by atoms with Gasteiger partial charge in [0.15, 0.2) is 5.78 Å². The monoisotopic (exact) mass is 382 g/mol. The molecule has 6 heteroatoms. The highest BCUT2D eigenvalue weighted by atomic mass is 16.6. The van der Waals surface area contributed by atoms with Crippen LogP contribution in [0.4, 0.5) is 9.59 Å². The number of ether oxygens (including phenoxy) is 1. The summed E-state index contributed by atoms with van der Waals surface area (Å²) in [6.07, 6.45) is -0.797. The maximum Gasteiger partial charge on any atom is 0.419 e. The summed E-state index contributed by atoms with van der Waals surface area (Å²) in [7, 11) is 0. The summed E-state index contributed by atoms with van der Waals surface area (Å²) in [6, 6.07) is 17.3. The molecule has 0 radical (unpaired) electrons. The molecule has 0 aromatic heterocycles. The van der Waals surface area contributed by atoms with E-state index in [1.165, 1.54) is 11.8 Å². The van der Waals surface area contributed by atoms with Gasteiger partial charge in [0.25, 0.3) is 0 Å². The summed E-state index contributed by atoms with van der Waals surface area (Å²) < 4.78 is 5.25. The van der Waals surface area contributed by atoms with Crippen LogP contribution in [0.1, 0.15) is 31.9 Å². The largest absolute Gasteiger partial charge is 0.444 e. The van der Waals surface area contributed by atoms with Crippen LogP contribution in [0.3, 0.4) is 0 Å². The molecular formula is C22H26N2O4. The predicted octanol–water partition coefficient (Wildman–Crippen LogP) is 4.24. The highest BCUT2D eigenvalue weighted by Crippen LogP contribution is 2.21. The zero-order valence-corrected chi connectivity index (χ0v) is 16.5. The van der Waals surface area contributed by atoms with Gasteiger partial charge in [-0.25, -0.2) is 14.5 Å². The number of nitrogens with zero attached hydrogens (tertiary/aromatic N) is 2. The molecule has 1 saturated heterocycles. The summed E-state index contributed by atoms with van der Waals surface area (Å²) in [5, 5.41) is 0. The fraction of sp³-hybridized carbons (Fsp3) is 0.318. The summed E-state index contributed by atoms with van der Waals surface area (Å²) >= 11 is 0. The third-order valence-electron chi connectivity index (χ3n) is 4.27. The molecule has 6 nitrogen and oxygen atoms in total. The van der Waals surface area contributed by atoms with E-state index in [1.807, 2.05) is 74.5 Å². The Morgan fingerprint density at radius 1 is 0.964 bits per heavy atom. The maximum atomic E-state index is 12.7. The second-order valence-electron chi connectivity index (χ2n) is 6.19. The van der Waals surface area contributed by atoms with E-state index in [-0.39, 0.29) is 18.9 Å². The van der Waals surface area contributed by atoms with Gasteiger partial charge in [0.1, 0.15) is 12.6 Å². The first-order chi connectivity index (χ1) is 13.6. The highest BCUT2D eigenvalue weighted by molar-refractivity contribution is 6.00. The van der Waals surface area contributed by atoms with E-state index in [0.29, 0.717) is 6.54 Å². The van der Waals surface area contributed by atoms with Gasteiger partial charge >= 0.3 is 12.1 Å². The van der Waals surface area contributed by atoms with Crippen LogP contribution >= 0.6 is 0 Å². The number of hydrogen-bond acceptors (Lipinski definition) is 4. The molecule has 148 valence electrons. The van der Waals surface area contributed by atoms with Crippen LogP contribution in [0.5, 0.6) is 0 Å². The molecule has 28 heavy (non-hydrogen) atoms. The molecule has 2 aromatic carbocycles. The first-order valence-electron chi connectivity index (χ1n) is 9.39. The maximum absolute atomic E-state index is 12.7. The predicted molar refractivity (Wildman–Crippen MR) is 107 cm³/mol. The normalized spacial score (nSPS) is 15.7. The molecule has 3 rings (SSSR count). The summed E-state index contributed by atoms with van der Waals surface area (Å²) in [5.74, 6) is -0.245. The zero-order chi connectivity index (χ0) is 20.5. The lowest BCUT2D eigenvalue weighted by Gasteiger charge is -2.19. The number of carbonyl (C=O) groups is 3. The minimum Gasteiger partial charge on any atom is -0.444 e. The van der Waals surface area contributed by atoms with Gasteiger partial charge < -0.3 is 9.64 Å². The van der Waals surface area contributed by atoms with E-state index in [0.717, 1.165) is 16.0 Å². The van der Waals surface area contributed by atoms with Crippen molar-refractivity contribution in [1.29, 1.82) is 0 Å². The van der Waals surface area contributed by atoms with Gasteiger partial charge in [-0.15, -0.1) is 0 Å². The smallest absolute Gasteiger partial charge is 0.419 e. The van der Waals surface area contributed by atoms with E-state index in [9.17, 15) is 14.4 Å². The Labute approximate surface area is 165 Å². The first-order valence-corrected chi connectivity index (χ1v) is 9.39. The van der Waals surface area contributed by atoms with Crippen molar-refractivity contribution in [2.75, 3.05) is 6.54 Å². The fourth-order valence-corrected chi connectivity index (χ4v) is 2.89. The minimum atomic E-state index is -0.825. The van der Waals surface area contributed by atoms with Crippen LogP contribution in [0.25, 0.3) is 0 Å². The zero-order valence-electron chi connectivity index (χ0n) is 16.5. The van der Waals surface area contributed by atoms with Crippen molar-refractivity contribution in [1.82, 2.24) is 9.80 Å². The third-order valence-corrected chi connectivity index (χ3v) is 4.27. The molecule has 0 N–H and O–H groups in total. The Bertz CT molecular complexity index is 793. The molecule has 1 atom stereocenters. The van der Waals surface area contributed by atoms with Gasteiger partial charge in [-0.05, 0) is 18.1 Å². The van der Waals surface area contributed by atoms with Crippen LogP contribution in [0, 0.1) is 0 Å². The van der Waals surface area contributed by atoms with E-state index in [2.05, 4.69) is 0 Å². The van der Waals surface area contributed by atoms with E-state index >= 15 is 0 Å². The molecule has 1 aliphatic heterocycles. The molecule has 0 bridgehead atoms. The number of carbonyl (C=O) groups excluding carboxylic acids is 3. The van der Waals surface area contributed by atoms with Gasteiger partial charge in [0.05, 0.1) is 6.54 Å². The summed E-state index contributed by atoms with van der Waals surface area (Å²) in [5.41, 5.74) is 1.75. The molecule has 1 heterocycles. The van der Waals surface area contributed by atoms with Crippen molar-refractivity contribution in [3.05, 3.63) is 71.8 Å². The van der Waals surface area contributed by atoms with E-state index in [1.54, 1.807) is 0 Å². The number of urea groups is 1. The van der Waals surface area contributed by atoms with Crippen molar-refractivity contribution in [2.24, 2.45) is 0 Å². The molecule has 0 unspecified atom stereocenters. The molecule has 0 saturated carbocycles. The number of amides is 3. The number of rotatable bonds is 5. The lowest BCUT2D eigenvalue weighted by molar-refractivity contribution is -0.120. The standard InChI is InChI=1S/C20H20N2O4.C2H6/c1-15(23)18-13-21(12-16-8-4-2-5-9-16)19(24)22(18)20(25)26-14-17-10-6-3-7-11-17;1-2/h2-11,18H,12-14H2,1H3;1-2H3/t18-;/m0./s1. The molecule has 1 aliphatic rings. The second-order valence-corrected chi connectivity index (χ2v) is 6.19. The Morgan fingerprint density at radius 3 is 2.04 bits per heavy atom. The second kappa shape index (κ2) is 10.3. The topological polar surface area (TPSA) is 66.9 Å². The molecule has 0 spiro atoms. The fourth-order valence-electron chi connectivity index (χ4n) is 2.89. The van der Waals surface area contributed by atoms with Gasteiger partial charge in [0.2, 0.25) is 0 Å². The minimum absolute atomic E-state index is 0.0484. The molecular weight excluding hydrogens is 356 g/mol. The summed E-state index contributed by atoms with van der Waals surface area (Å²) in [6.45, 7) is 5.93. The van der Waals surface area contributed by atoms with Crippen molar-refractivity contribution >= 4 is 17.9 Å². The number of benzene rings is 2. The molecule has 3 amide bonds. The Kier molecular flexibility index (Phi) is 7.75. The Morgan fingerprint density at radius 2 is 1.50 bits per heavy atom. The number of Topliss-reactive ketones (excluding diaryl/α,β-unsaturated/α-hetero) is 1. The van der Waals surface area contributed by atoms with Crippen LogP contribution in [-0.4, -0.2) is 40.3 Å². The van der Waals surface area contributed by atoms with Crippen molar-refractivity contribution in [3.63, 3.8) is 0 Å². The first kappa shape index (κ1) is 21.2. The van der Waals surface area contributed by atoms with Crippen LogP contribution < -0.4 is 0 Å². The average molecular weight is 382 g/mol. The lowest BCUT2D eigenvalue weighted by atomic mass is 10.2. The SMILES string of the molecule is CC.CC(=O)[C@@H]1CN(Cc2ccccc2)C(=O)N1C(=O)OCc1ccccc1. The Hall–Kier alpha value is -3.15. The lowest BCUT2D eigenvalue weighted by Crippen LogP contribution is -2.43. The van der Waals surface area contributed by atoms with Crippen molar-refractivity contribution < 1.29 is 19.1 Å². The highest BCUT2D eigenvalue weighted by Gasteiger charge is 2.44. The van der Waals surface area contributed by atoms with Crippen LogP contribution in [0.2, 0.25) is 0 Å². The van der Waals surface area contributed by atoms with Gasteiger partial charge in [-0.3, -0.25) is 4.79 Å². The number of ketones is 1. The van der Waals surface area contributed by atoms with E-state index in [4.69, 9.17) is 4.74 Å². The van der Waals surface area contributed by atoms with Gasteiger partial charge in [-0.2, -0.15) is 0 Å². The molecule has 1 fully saturated rings. The molecule has 2 aromatic rings. The van der Waals surface area contributed by atoms with Crippen LogP contribution in [0.15, 0.2) is 60.7 Å². The number of imide groups is 1. The molecule has 0 aliphatic carbocycles. The Balaban J connectivity index is 0.00000136. The third kappa shape index (κ3) is 5.19. The summed E-state index contributed by atoms with van der Waals surface area (Å²) in [4.78, 5) is 39.5. The van der Waals surface area contributed by atoms with Gasteiger partial charge in [0, 0.05) is 6.54 Å². The van der Waals surface area contributed by atoms with Crippen molar-refractivity contribution in [2.45, 2.75) is 40.0 Å². The van der Waals surface area contributed by atoms with Crippen LogP contribution in [-0.2, 0) is 22.7 Å². The quantitative estimate of drug-likeness (QED) is 0.775. The number of hydrogen-bond donors (Lipinski definition) is 0. The van der Waals surface area contributed by atoms with E-state index < -0.39 is 18.2 Å². The van der Waals surface area contributed by atoms with Gasteiger partial charge in [-0.1, -0.05) is 74.5 Å².